The summed E-state index contributed by atoms with van der Waals surface area (Å²) >= 11 is 5.46. The molecule has 0 aromatic rings. The van der Waals surface area contributed by atoms with Crippen molar-refractivity contribution in [3.63, 3.8) is 0 Å². The van der Waals surface area contributed by atoms with Gasteiger partial charge in [0.15, 0.2) is 6.07 Å². The van der Waals surface area contributed by atoms with E-state index >= 15 is 0 Å². The van der Waals surface area contributed by atoms with Gasteiger partial charge in [-0.2, -0.15) is 0 Å². The number of carbonyl (C=O) groups excluding carboxylic acids is 2. The van der Waals surface area contributed by atoms with Gasteiger partial charge < -0.3 is 9.47 Å². The van der Waals surface area contributed by atoms with Crippen LogP contribution in [0.25, 0.3) is 0 Å². The molecule has 0 heterocycles. The van der Waals surface area contributed by atoms with Crippen molar-refractivity contribution in [2.75, 3.05) is 6.07 Å². The van der Waals surface area contributed by atoms with Gasteiger partial charge in [-0.1, -0.05) is 30.9 Å². The molecule has 0 saturated heterocycles. The second-order valence-corrected chi connectivity index (χ2v) is 6.36. The second-order valence-electron chi connectivity index (χ2n) is 6.15. The van der Waals surface area contributed by atoms with E-state index in [4.69, 9.17) is 21.1 Å². The monoisotopic (exact) mass is 290 g/mol. The number of halogens is 1. The van der Waals surface area contributed by atoms with Crippen LogP contribution in [0.15, 0.2) is 0 Å². The van der Waals surface area contributed by atoms with E-state index in [2.05, 4.69) is 0 Å². The van der Waals surface area contributed by atoms with Crippen LogP contribution < -0.4 is 0 Å². The summed E-state index contributed by atoms with van der Waals surface area (Å²) in [4.78, 5) is 24.1. The quantitative estimate of drug-likeness (QED) is 0.588. The van der Waals surface area contributed by atoms with Gasteiger partial charge >= 0.3 is 11.9 Å². The SMILES string of the molecule is CC(C)(C)OC(=O)CC1(C(=O)OCCl)CCCCC1. The minimum Gasteiger partial charge on any atom is -0.460 e. The van der Waals surface area contributed by atoms with Gasteiger partial charge in [0, 0.05) is 0 Å². The first-order chi connectivity index (χ1) is 8.79. The van der Waals surface area contributed by atoms with Crippen LogP contribution in [0.2, 0.25) is 0 Å². The number of alkyl halides is 1. The van der Waals surface area contributed by atoms with Crippen molar-refractivity contribution in [1.29, 1.82) is 0 Å². The van der Waals surface area contributed by atoms with Crippen molar-refractivity contribution in [3.8, 4) is 0 Å². The zero-order valence-corrected chi connectivity index (χ0v) is 12.7. The molecule has 1 aliphatic rings. The Morgan fingerprint density at radius 3 is 2.21 bits per heavy atom. The van der Waals surface area contributed by atoms with Gasteiger partial charge in [-0.25, -0.2) is 0 Å². The van der Waals surface area contributed by atoms with Crippen molar-refractivity contribution < 1.29 is 19.1 Å². The predicted molar refractivity (Wildman–Crippen MR) is 72.8 cm³/mol. The molecular weight excluding hydrogens is 268 g/mol. The van der Waals surface area contributed by atoms with E-state index in [9.17, 15) is 9.59 Å². The summed E-state index contributed by atoms with van der Waals surface area (Å²) in [6, 6.07) is -0.172. The summed E-state index contributed by atoms with van der Waals surface area (Å²) in [5.41, 5.74) is -1.28. The van der Waals surface area contributed by atoms with Crippen molar-refractivity contribution in [1.82, 2.24) is 0 Å². The van der Waals surface area contributed by atoms with Crippen LogP contribution in [0.1, 0.15) is 59.3 Å². The van der Waals surface area contributed by atoms with Crippen LogP contribution in [0.3, 0.4) is 0 Å². The van der Waals surface area contributed by atoms with E-state index in [1.807, 2.05) is 20.8 Å². The first kappa shape index (κ1) is 16.3. The van der Waals surface area contributed by atoms with Gasteiger partial charge in [0.25, 0.3) is 0 Å². The van der Waals surface area contributed by atoms with E-state index in [1.54, 1.807) is 0 Å². The fourth-order valence-electron chi connectivity index (χ4n) is 2.54. The highest BCUT2D eigenvalue weighted by Crippen LogP contribution is 2.41. The fourth-order valence-corrected chi connectivity index (χ4v) is 2.64. The lowest BCUT2D eigenvalue weighted by atomic mass is 9.72. The molecule has 0 bridgehead atoms. The van der Waals surface area contributed by atoms with E-state index in [1.165, 1.54) is 0 Å². The number of hydrogen-bond donors (Lipinski definition) is 0. The Bertz CT molecular complexity index is 327. The van der Waals surface area contributed by atoms with Crippen LogP contribution in [0, 0.1) is 5.41 Å². The highest BCUT2D eigenvalue weighted by atomic mass is 35.5. The molecule has 0 aromatic heterocycles. The maximum absolute atomic E-state index is 12.1. The number of carbonyl (C=O) groups is 2. The first-order valence-electron chi connectivity index (χ1n) is 6.74. The van der Waals surface area contributed by atoms with E-state index in [-0.39, 0.29) is 24.4 Å². The van der Waals surface area contributed by atoms with Crippen LogP contribution in [0.4, 0.5) is 0 Å². The number of esters is 2. The van der Waals surface area contributed by atoms with Gasteiger partial charge in [0.05, 0.1) is 11.8 Å². The Hall–Kier alpha value is -0.770. The highest BCUT2D eigenvalue weighted by molar-refractivity contribution is 6.17. The van der Waals surface area contributed by atoms with Gasteiger partial charge in [-0.3, -0.25) is 9.59 Å². The predicted octanol–water partition coefficient (Wildman–Crippen LogP) is 3.41. The van der Waals surface area contributed by atoms with Crippen LogP contribution >= 0.6 is 11.6 Å². The Morgan fingerprint density at radius 1 is 1.16 bits per heavy atom. The third-order valence-electron chi connectivity index (χ3n) is 3.33. The third kappa shape index (κ3) is 5.01. The molecule has 0 amide bonds. The lowest BCUT2D eigenvalue weighted by molar-refractivity contribution is -0.168. The molecule has 0 aromatic carbocycles. The topological polar surface area (TPSA) is 52.6 Å². The molecule has 0 radical (unpaired) electrons. The Kier molecular flexibility index (Phi) is 5.65. The molecule has 1 fully saturated rings. The second kappa shape index (κ2) is 6.60. The molecule has 110 valence electrons. The van der Waals surface area contributed by atoms with Gasteiger partial charge in [-0.15, -0.1) is 0 Å². The highest BCUT2D eigenvalue weighted by Gasteiger charge is 2.43. The summed E-state index contributed by atoms with van der Waals surface area (Å²) in [6.45, 7) is 5.45. The van der Waals surface area contributed by atoms with Crippen LogP contribution in [-0.4, -0.2) is 23.6 Å². The van der Waals surface area contributed by atoms with Gasteiger partial charge in [0.1, 0.15) is 5.60 Å². The van der Waals surface area contributed by atoms with Crippen molar-refractivity contribution >= 4 is 23.5 Å². The molecule has 19 heavy (non-hydrogen) atoms. The minimum absolute atomic E-state index is 0.0833. The Balaban J connectivity index is 2.74. The summed E-state index contributed by atoms with van der Waals surface area (Å²) in [5.74, 6) is -0.714. The van der Waals surface area contributed by atoms with Gasteiger partial charge in [0.2, 0.25) is 0 Å². The standard InChI is InChI=1S/C14H23ClO4/c1-13(2,3)19-11(16)9-14(12(17)18-10-15)7-5-4-6-8-14/h4-10H2,1-3H3. The average Bonchev–Trinajstić information content (AvgIpc) is 2.27. The summed E-state index contributed by atoms with van der Waals surface area (Å²) in [7, 11) is 0. The van der Waals surface area contributed by atoms with Crippen molar-refractivity contribution in [2.24, 2.45) is 5.41 Å². The fraction of sp³-hybridized carbons (Fsp3) is 0.857. The molecule has 1 rings (SSSR count). The molecule has 0 aliphatic heterocycles. The van der Waals surface area contributed by atoms with Crippen LogP contribution in [-0.2, 0) is 19.1 Å². The number of ether oxygens (including phenoxy) is 2. The van der Waals surface area contributed by atoms with Crippen molar-refractivity contribution in [3.05, 3.63) is 0 Å². The smallest absolute Gasteiger partial charge is 0.313 e. The minimum atomic E-state index is -0.741. The van der Waals surface area contributed by atoms with Crippen molar-refractivity contribution in [2.45, 2.75) is 64.9 Å². The maximum atomic E-state index is 12.1. The molecule has 1 aliphatic carbocycles. The zero-order chi connectivity index (χ0) is 14.5. The Morgan fingerprint density at radius 2 is 1.74 bits per heavy atom. The van der Waals surface area contributed by atoms with E-state index in [0.29, 0.717) is 12.8 Å². The van der Waals surface area contributed by atoms with Crippen LogP contribution in [0.5, 0.6) is 0 Å². The molecule has 4 nitrogen and oxygen atoms in total. The van der Waals surface area contributed by atoms with E-state index < -0.39 is 11.0 Å². The zero-order valence-electron chi connectivity index (χ0n) is 12.0. The Labute approximate surface area is 119 Å². The summed E-state index contributed by atoms with van der Waals surface area (Å²) in [5, 5.41) is 0. The summed E-state index contributed by atoms with van der Waals surface area (Å²) in [6.07, 6.45) is 4.37. The van der Waals surface area contributed by atoms with E-state index in [0.717, 1.165) is 19.3 Å². The summed E-state index contributed by atoms with van der Waals surface area (Å²) < 4.78 is 10.2. The molecule has 0 spiro atoms. The normalized spacial score (nSPS) is 18.7. The first-order valence-corrected chi connectivity index (χ1v) is 7.28. The molecule has 0 atom stereocenters. The number of hydrogen-bond acceptors (Lipinski definition) is 4. The molecule has 0 N–H and O–H groups in total. The average molecular weight is 291 g/mol. The largest absolute Gasteiger partial charge is 0.460 e. The lowest BCUT2D eigenvalue weighted by Crippen LogP contribution is -2.39. The molecule has 0 unspecified atom stereocenters. The maximum Gasteiger partial charge on any atom is 0.313 e. The molecular formula is C14H23ClO4. The van der Waals surface area contributed by atoms with Gasteiger partial charge in [-0.05, 0) is 33.6 Å². The molecule has 1 saturated carbocycles. The third-order valence-corrected chi connectivity index (χ3v) is 3.44. The lowest BCUT2D eigenvalue weighted by Gasteiger charge is -2.34. The molecule has 5 heteroatoms. The number of rotatable bonds is 4.